The molecule has 0 spiro atoms. The van der Waals surface area contributed by atoms with E-state index in [1.54, 1.807) is 12.1 Å². The zero-order valence-corrected chi connectivity index (χ0v) is 10.8. The van der Waals surface area contributed by atoms with Gasteiger partial charge in [-0.1, -0.05) is 13.0 Å². The van der Waals surface area contributed by atoms with Gasteiger partial charge in [-0.25, -0.2) is 4.39 Å². The molecular weight excluding hydrogens is 260 g/mol. The second kappa shape index (κ2) is 7.33. The fourth-order valence-corrected chi connectivity index (χ4v) is 1.80. The monoisotopic (exact) mass is 278 g/mol. The van der Waals surface area contributed by atoms with Gasteiger partial charge in [-0.15, -0.1) is 0 Å². The Bertz CT molecular complexity index is 379. The van der Waals surface area contributed by atoms with Crippen molar-refractivity contribution in [1.29, 1.82) is 0 Å². The molecule has 0 unspecified atom stereocenters. The van der Waals surface area contributed by atoms with Gasteiger partial charge in [0.05, 0.1) is 6.54 Å². The van der Waals surface area contributed by atoms with Crippen molar-refractivity contribution in [3.8, 4) is 0 Å². The van der Waals surface area contributed by atoms with Crippen LogP contribution in [0.25, 0.3) is 0 Å². The Morgan fingerprint density at radius 3 is 2.53 bits per heavy atom. The minimum atomic E-state index is -4.19. The second-order valence-corrected chi connectivity index (χ2v) is 4.33. The normalized spacial score (nSPS) is 11.9. The minimum Gasteiger partial charge on any atom is -0.384 e. The molecule has 2 nitrogen and oxygen atoms in total. The van der Waals surface area contributed by atoms with Crippen LogP contribution >= 0.6 is 0 Å². The predicted octanol–water partition coefficient (Wildman–Crippen LogP) is 3.51. The van der Waals surface area contributed by atoms with Crippen molar-refractivity contribution in [2.45, 2.75) is 19.5 Å². The van der Waals surface area contributed by atoms with E-state index in [-0.39, 0.29) is 12.4 Å². The Labute approximate surface area is 110 Å². The number of nitrogens with one attached hydrogen (secondary N) is 1. The number of nitrogens with zero attached hydrogens (tertiary/aromatic N) is 1. The van der Waals surface area contributed by atoms with Crippen LogP contribution < -0.4 is 5.32 Å². The molecule has 0 heterocycles. The SMILES string of the molecule is CCCN(CCNc1cccc(F)c1)CC(F)(F)F. The minimum absolute atomic E-state index is 0.268. The standard InChI is InChI=1S/C13H18F4N2/c1-2-7-19(10-13(15,16)17)8-6-18-12-5-3-4-11(14)9-12/h3-5,9,18H,2,6-8,10H2,1H3. The van der Waals surface area contributed by atoms with Gasteiger partial charge in [-0.3, -0.25) is 4.90 Å². The zero-order chi connectivity index (χ0) is 14.3. The van der Waals surface area contributed by atoms with Crippen molar-refractivity contribution in [3.05, 3.63) is 30.1 Å². The van der Waals surface area contributed by atoms with Crippen molar-refractivity contribution in [2.75, 3.05) is 31.5 Å². The first-order chi connectivity index (χ1) is 8.90. The van der Waals surface area contributed by atoms with Crippen molar-refractivity contribution in [1.82, 2.24) is 4.90 Å². The summed E-state index contributed by atoms with van der Waals surface area (Å²) < 4.78 is 49.9. The molecule has 0 amide bonds. The van der Waals surface area contributed by atoms with Gasteiger partial charge in [-0.2, -0.15) is 13.2 Å². The van der Waals surface area contributed by atoms with Gasteiger partial charge in [0.1, 0.15) is 5.82 Å². The van der Waals surface area contributed by atoms with E-state index in [0.29, 0.717) is 25.2 Å². The third-order valence-electron chi connectivity index (χ3n) is 2.52. The van der Waals surface area contributed by atoms with Crippen LogP contribution in [0.2, 0.25) is 0 Å². The molecule has 0 fully saturated rings. The van der Waals surface area contributed by atoms with Crippen LogP contribution in [0.5, 0.6) is 0 Å². The summed E-state index contributed by atoms with van der Waals surface area (Å²) in [6.07, 6.45) is -3.52. The third-order valence-corrected chi connectivity index (χ3v) is 2.52. The first-order valence-corrected chi connectivity index (χ1v) is 6.19. The first kappa shape index (κ1) is 15.8. The van der Waals surface area contributed by atoms with E-state index < -0.39 is 12.7 Å². The molecule has 0 aliphatic carbocycles. The van der Waals surface area contributed by atoms with Gasteiger partial charge in [0.15, 0.2) is 0 Å². The maximum Gasteiger partial charge on any atom is 0.401 e. The van der Waals surface area contributed by atoms with Gasteiger partial charge in [0.2, 0.25) is 0 Å². The highest BCUT2D eigenvalue weighted by Gasteiger charge is 2.29. The number of benzene rings is 1. The van der Waals surface area contributed by atoms with Crippen molar-refractivity contribution in [2.24, 2.45) is 0 Å². The van der Waals surface area contributed by atoms with E-state index in [1.165, 1.54) is 17.0 Å². The molecule has 0 saturated heterocycles. The third kappa shape index (κ3) is 7.00. The summed E-state index contributed by atoms with van der Waals surface area (Å²) in [6, 6.07) is 5.86. The number of alkyl halides is 3. The Balaban J connectivity index is 2.39. The van der Waals surface area contributed by atoms with Crippen LogP contribution in [0.15, 0.2) is 24.3 Å². The van der Waals surface area contributed by atoms with Gasteiger partial charge in [0.25, 0.3) is 0 Å². The van der Waals surface area contributed by atoms with Crippen LogP contribution in [-0.2, 0) is 0 Å². The Kier molecular flexibility index (Phi) is 6.08. The lowest BCUT2D eigenvalue weighted by Crippen LogP contribution is -2.37. The molecule has 0 aromatic heterocycles. The van der Waals surface area contributed by atoms with E-state index in [4.69, 9.17) is 0 Å². The highest BCUT2D eigenvalue weighted by atomic mass is 19.4. The lowest BCUT2D eigenvalue weighted by Gasteiger charge is -2.23. The van der Waals surface area contributed by atoms with Gasteiger partial charge < -0.3 is 5.32 Å². The number of rotatable bonds is 7. The van der Waals surface area contributed by atoms with Crippen LogP contribution in [0, 0.1) is 5.82 Å². The first-order valence-electron chi connectivity index (χ1n) is 6.19. The summed E-state index contributed by atoms with van der Waals surface area (Å²) >= 11 is 0. The van der Waals surface area contributed by atoms with E-state index in [0.717, 1.165) is 0 Å². The van der Waals surface area contributed by atoms with Crippen LogP contribution in [0.4, 0.5) is 23.2 Å². The zero-order valence-electron chi connectivity index (χ0n) is 10.8. The Hall–Kier alpha value is -1.30. The largest absolute Gasteiger partial charge is 0.401 e. The fourth-order valence-electron chi connectivity index (χ4n) is 1.80. The molecule has 1 rings (SSSR count). The Morgan fingerprint density at radius 1 is 1.21 bits per heavy atom. The fraction of sp³-hybridized carbons (Fsp3) is 0.538. The average Bonchev–Trinajstić information content (AvgIpc) is 2.27. The Morgan fingerprint density at radius 2 is 1.95 bits per heavy atom. The maximum absolute atomic E-state index is 12.9. The van der Waals surface area contributed by atoms with Crippen molar-refractivity contribution in [3.63, 3.8) is 0 Å². The summed E-state index contributed by atoms with van der Waals surface area (Å²) in [6.45, 7) is 1.93. The topological polar surface area (TPSA) is 15.3 Å². The smallest absolute Gasteiger partial charge is 0.384 e. The summed E-state index contributed by atoms with van der Waals surface area (Å²) in [5.74, 6) is -0.370. The molecule has 0 radical (unpaired) electrons. The molecular formula is C13H18F4N2. The quantitative estimate of drug-likeness (QED) is 0.768. The van der Waals surface area contributed by atoms with Crippen LogP contribution in [-0.4, -0.2) is 37.3 Å². The van der Waals surface area contributed by atoms with E-state index in [1.807, 2.05) is 6.92 Å². The summed E-state index contributed by atoms with van der Waals surface area (Å²) in [7, 11) is 0. The molecule has 1 aromatic rings. The highest BCUT2D eigenvalue weighted by molar-refractivity contribution is 5.42. The molecule has 0 atom stereocenters. The molecule has 1 N–H and O–H groups in total. The second-order valence-electron chi connectivity index (χ2n) is 4.33. The van der Waals surface area contributed by atoms with Crippen LogP contribution in [0.1, 0.15) is 13.3 Å². The number of hydrogen-bond acceptors (Lipinski definition) is 2. The van der Waals surface area contributed by atoms with E-state index in [2.05, 4.69) is 5.32 Å². The molecule has 0 aliphatic heterocycles. The summed E-state index contributed by atoms with van der Waals surface area (Å²) in [4.78, 5) is 1.34. The molecule has 1 aromatic carbocycles. The van der Waals surface area contributed by atoms with Gasteiger partial charge in [-0.05, 0) is 31.2 Å². The number of anilines is 1. The molecule has 6 heteroatoms. The number of halogens is 4. The van der Waals surface area contributed by atoms with Crippen molar-refractivity contribution < 1.29 is 17.6 Å². The van der Waals surface area contributed by atoms with Crippen LogP contribution in [0.3, 0.4) is 0 Å². The summed E-state index contributed by atoms with van der Waals surface area (Å²) in [5.41, 5.74) is 0.573. The average molecular weight is 278 g/mol. The van der Waals surface area contributed by atoms with Gasteiger partial charge in [0, 0.05) is 18.8 Å². The predicted molar refractivity (Wildman–Crippen MR) is 67.7 cm³/mol. The molecule has 0 saturated carbocycles. The van der Waals surface area contributed by atoms with Crippen molar-refractivity contribution >= 4 is 5.69 Å². The molecule has 0 aliphatic rings. The highest BCUT2D eigenvalue weighted by Crippen LogP contribution is 2.16. The molecule has 0 bridgehead atoms. The molecule has 19 heavy (non-hydrogen) atoms. The number of hydrogen-bond donors (Lipinski definition) is 1. The molecule has 108 valence electrons. The summed E-state index contributed by atoms with van der Waals surface area (Å²) in [5, 5.41) is 2.91. The van der Waals surface area contributed by atoms with E-state index >= 15 is 0 Å². The van der Waals surface area contributed by atoms with Gasteiger partial charge >= 0.3 is 6.18 Å². The lowest BCUT2D eigenvalue weighted by molar-refractivity contribution is -0.145. The van der Waals surface area contributed by atoms with E-state index in [9.17, 15) is 17.6 Å². The lowest BCUT2D eigenvalue weighted by atomic mass is 10.3. The maximum atomic E-state index is 12.9.